The van der Waals surface area contributed by atoms with Crippen LogP contribution in [0.1, 0.15) is 49.0 Å². The van der Waals surface area contributed by atoms with E-state index in [1.165, 1.54) is 15.4 Å². The molecule has 0 amide bonds. The Kier molecular flexibility index (Phi) is 5.51. The zero-order valence-electron chi connectivity index (χ0n) is 16.2. The molecule has 1 unspecified atom stereocenters. The topological polar surface area (TPSA) is 26.3 Å². The fourth-order valence-electron chi connectivity index (χ4n) is 3.10. The van der Waals surface area contributed by atoms with Crippen LogP contribution in [0.3, 0.4) is 0 Å². The molecule has 2 nitrogen and oxygen atoms in total. The minimum Gasteiger partial charge on any atom is -0.455 e. The molecule has 4 rings (SSSR count). The van der Waals surface area contributed by atoms with Crippen LogP contribution in [0, 0.1) is 0 Å². The van der Waals surface area contributed by atoms with Crippen LogP contribution in [0.5, 0.6) is 11.5 Å². The van der Waals surface area contributed by atoms with Crippen molar-refractivity contribution in [3.05, 3.63) is 71.8 Å². The summed E-state index contributed by atoms with van der Waals surface area (Å²) in [7, 11) is 0. The number of hydrogen-bond acceptors (Lipinski definition) is 4. The third-order valence-electron chi connectivity index (χ3n) is 5.01. The number of hydrogen-bond donors (Lipinski definition) is 0. The second-order valence-electron chi connectivity index (χ2n) is 6.99. The first-order chi connectivity index (χ1) is 13.5. The van der Waals surface area contributed by atoms with Crippen LogP contribution < -0.4 is 4.74 Å². The number of carbonyl (C=O) groups is 1. The van der Waals surface area contributed by atoms with E-state index in [4.69, 9.17) is 4.74 Å². The number of carbonyl (C=O) groups excluding carboxylic acids is 1. The van der Waals surface area contributed by atoms with Gasteiger partial charge < -0.3 is 4.74 Å². The molecule has 1 heterocycles. The van der Waals surface area contributed by atoms with Gasteiger partial charge >= 0.3 is 0 Å². The maximum atomic E-state index is 11.9. The lowest BCUT2D eigenvalue weighted by molar-refractivity contribution is 0.101. The minimum absolute atomic E-state index is 0.0597. The Morgan fingerprint density at radius 2 is 1.50 bits per heavy atom. The third kappa shape index (κ3) is 3.85. The number of benzene rings is 3. The van der Waals surface area contributed by atoms with E-state index in [1.807, 2.05) is 18.2 Å². The Bertz CT molecular complexity index is 1040. The van der Waals surface area contributed by atoms with Gasteiger partial charge in [0.05, 0.1) is 9.79 Å². The molecule has 4 heteroatoms. The first-order valence-electron chi connectivity index (χ1n) is 9.46. The molecule has 142 valence electrons. The van der Waals surface area contributed by atoms with Crippen LogP contribution in [0.4, 0.5) is 0 Å². The largest absolute Gasteiger partial charge is 0.455 e. The van der Waals surface area contributed by atoms with Gasteiger partial charge in [0.15, 0.2) is 5.78 Å². The highest BCUT2D eigenvalue weighted by atomic mass is 32.2. The van der Waals surface area contributed by atoms with Gasteiger partial charge in [-0.3, -0.25) is 4.79 Å². The van der Waals surface area contributed by atoms with Crippen molar-refractivity contribution in [2.24, 2.45) is 0 Å². The molecule has 3 aromatic rings. The van der Waals surface area contributed by atoms with Gasteiger partial charge in [-0.2, -0.15) is 0 Å². The molecule has 0 saturated carbocycles. The van der Waals surface area contributed by atoms with Crippen LogP contribution in [0.15, 0.2) is 80.2 Å². The fourth-order valence-corrected chi connectivity index (χ4v) is 5.25. The summed E-state index contributed by atoms with van der Waals surface area (Å²) in [6.45, 7) is 6.06. The van der Waals surface area contributed by atoms with Gasteiger partial charge in [0, 0.05) is 15.4 Å². The van der Waals surface area contributed by atoms with Crippen molar-refractivity contribution in [1.29, 1.82) is 0 Å². The van der Waals surface area contributed by atoms with Crippen LogP contribution in [-0.2, 0) is 0 Å². The fraction of sp³-hybridized carbons (Fsp3) is 0.208. The highest BCUT2D eigenvalue weighted by Crippen LogP contribution is 2.48. The van der Waals surface area contributed by atoms with E-state index in [1.54, 1.807) is 30.4 Å². The van der Waals surface area contributed by atoms with E-state index in [0.717, 1.165) is 27.7 Å². The monoisotopic (exact) mass is 406 g/mol. The van der Waals surface area contributed by atoms with Crippen LogP contribution in [-0.4, -0.2) is 5.78 Å². The van der Waals surface area contributed by atoms with Crippen molar-refractivity contribution in [3.63, 3.8) is 0 Å². The van der Waals surface area contributed by atoms with Crippen molar-refractivity contribution in [1.82, 2.24) is 0 Å². The number of Topliss-reactive ketones (excluding diaryl/α,β-unsaturated/α-hetero) is 1. The number of ketones is 1. The molecule has 0 spiro atoms. The summed E-state index contributed by atoms with van der Waals surface area (Å²) in [4.78, 5) is 16.3. The molecule has 0 saturated heterocycles. The van der Waals surface area contributed by atoms with Gasteiger partial charge in [-0.1, -0.05) is 55.6 Å². The Morgan fingerprint density at radius 3 is 2.11 bits per heavy atom. The quantitative estimate of drug-likeness (QED) is 0.324. The highest BCUT2D eigenvalue weighted by molar-refractivity contribution is 8.02. The van der Waals surface area contributed by atoms with Crippen molar-refractivity contribution in [2.45, 2.75) is 52.7 Å². The van der Waals surface area contributed by atoms with Crippen molar-refractivity contribution < 1.29 is 9.53 Å². The van der Waals surface area contributed by atoms with E-state index in [2.05, 4.69) is 56.3 Å². The van der Waals surface area contributed by atoms with Crippen LogP contribution in [0.2, 0.25) is 0 Å². The lowest BCUT2D eigenvalue weighted by Gasteiger charge is -2.15. The van der Waals surface area contributed by atoms with E-state index < -0.39 is 0 Å². The first-order valence-corrected chi connectivity index (χ1v) is 11.1. The van der Waals surface area contributed by atoms with Crippen LogP contribution in [0.25, 0.3) is 0 Å². The molecule has 1 aliphatic heterocycles. The van der Waals surface area contributed by atoms with E-state index in [0.29, 0.717) is 11.5 Å². The van der Waals surface area contributed by atoms with Crippen molar-refractivity contribution in [3.8, 4) is 11.5 Å². The van der Waals surface area contributed by atoms with E-state index in [9.17, 15) is 4.79 Å². The molecular formula is C24H22O2S2. The molecule has 1 atom stereocenters. The normalized spacial score (nSPS) is 13.7. The summed E-state index contributed by atoms with van der Waals surface area (Å²) in [6.07, 6.45) is 1.10. The van der Waals surface area contributed by atoms with Gasteiger partial charge in [-0.15, -0.1) is 0 Å². The molecular weight excluding hydrogens is 384 g/mol. The average molecular weight is 407 g/mol. The van der Waals surface area contributed by atoms with Crippen LogP contribution >= 0.6 is 23.5 Å². The number of rotatable bonds is 3. The zero-order chi connectivity index (χ0) is 19.7. The SMILES string of the molecule is CCC(C)c1ccc2c(c1)Sc1ccccc1Sc1cc(C(C)=O)ccc1O2. The standard InChI is InChI=1S/C24H22O2S2/c1-4-15(2)17-9-11-19-23(13-17)27-21-7-5-6-8-22(21)28-24-14-18(16(3)25)10-12-20(24)26-19/h5-15H,4H2,1-3H3. The second kappa shape index (κ2) is 8.06. The molecule has 0 fully saturated rings. The van der Waals surface area contributed by atoms with Gasteiger partial charge in [0.25, 0.3) is 0 Å². The number of ether oxygens (including phenoxy) is 1. The molecule has 0 radical (unpaired) electrons. The maximum absolute atomic E-state index is 11.9. The van der Waals surface area contributed by atoms with Gasteiger partial charge in [-0.05, 0) is 67.3 Å². The summed E-state index contributed by atoms with van der Waals surface area (Å²) in [5, 5.41) is 0. The summed E-state index contributed by atoms with van der Waals surface area (Å²) >= 11 is 3.39. The molecule has 0 aromatic heterocycles. The predicted molar refractivity (Wildman–Crippen MR) is 116 cm³/mol. The smallest absolute Gasteiger partial charge is 0.159 e. The predicted octanol–water partition coefficient (Wildman–Crippen LogP) is 7.81. The molecule has 0 aliphatic carbocycles. The maximum Gasteiger partial charge on any atom is 0.159 e. The number of fused-ring (bicyclic) bond motifs is 3. The van der Waals surface area contributed by atoms with E-state index >= 15 is 0 Å². The average Bonchev–Trinajstić information content (AvgIpc) is 2.77. The zero-order valence-corrected chi connectivity index (χ0v) is 17.8. The summed E-state index contributed by atoms with van der Waals surface area (Å²) in [5.74, 6) is 2.20. The van der Waals surface area contributed by atoms with Crippen molar-refractivity contribution >= 4 is 29.3 Å². The first kappa shape index (κ1) is 19.2. The highest BCUT2D eigenvalue weighted by Gasteiger charge is 2.19. The summed E-state index contributed by atoms with van der Waals surface area (Å²) in [5.41, 5.74) is 2.03. The minimum atomic E-state index is 0.0597. The Morgan fingerprint density at radius 1 is 0.893 bits per heavy atom. The Balaban J connectivity index is 1.88. The van der Waals surface area contributed by atoms with Gasteiger partial charge in [0.2, 0.25) is 0 Å². The van der Waals surface area contributed by atoms with Crippen molar-refractivity contribution in [2.75, 3.05) is 0 Å². The Labute approximate surface area is 174 Å². The Hall–Kier alpha value is -2.17. The van der Waals surface area contributed by atoms with Gasteiger partial charge in [-0.25, -0.2) is 0 Å². The molecule has 0 N–H and O–H groups in total. The second-order valence-corrected chi connectivity index (χ2v) is 9.15. The lowest BCUT2D eigenvalue weighted by Crippen LogP contribution is -1.96. The summed E-state index contributed by atoms with van der Waals surface area (Å²) in [6, 6.07) is 20.6. The summed E-state index contributed by atoms with van der Waals surface area (Å²) < 4.78 is 6.34. The molecule has 3 aromatic carbocycles. The molecule has 1 aliphatic rings. The lowest BCUT2D eigenvalue weighted by atomic mass is 9.99. The molecule has 28 heavy (non-hydrogen) atoms. The van der Waals surface area contributed by atoms with Gasteiger partial charge in [0.1, 0.15) is 11.5 Å². The third-order valence-corrected chi connectivity index (χ3v) is 7.37. The van der Waals surface area contributed by atoms with E-state index in [-0.39, 0.29) is 5.78 Å². The molecule has 0 bridgehead atoms.